The molecule has 3 heterocycles. The van der Waals surface area contributed by atoms with E-state index in [0.717, 1.165) is 13.1 Å². The summed E-state index contributed by atoms with van der Waals surface area (Å²) in [5.74, 6) is 1.51. The number of halogens is 1. The minimum atomic E-state index is -0.0891. The maximum absolute atomic E-state index is 12.5. The standard InChI is InChI=1S/C18H27N3O3.ClH/c1-14(15-4-2-6-19-13-15)12-17(22)20-7-9-21(10-8-20)18(23)16-5-3-11-24-16;/h3,5,11,14-15,19H,2,4,6-10,12-13H2,1H3;1H. The van der Waals surface area contributed by atoms with Gasteiger partial charge in [-0.15, -0.1) is 12.4 Å². The molecule has 0 radical (unpaired) electrons. The Morgan fingerprint density at radius 2 is 2.00 bits per heavy atom. The van der Waals surface area contributed by atoms with Crippen molar-refractivity contribution in [2.24, 2.45) is 11.8 Å². The lowest BCUT2D eigenvalue weighted by atomic mass is 9.85. The number of carbonyl (C=O) groups excluding carboxylic acids is 2. The Morgan fingerprint density at radius 3 is 2.60 bits per heavy atom. The zero-order chi connectivity index (χ0) is 16.9. The largest absolute Gasteiger partial charge is 0.459 e. The number of nitrogens with zero attached hydrogens (tertiary/aromatic N) is 2. The summed E-state index contributed by atoms with van der Waals surface area (Å²) in [6.07, 6.45) is 4.54. The number of piperidine rings is 1. The van der Waals surface area contributed by atoms with Gasteiger partial charge < -0.3 is 19.5 Å². The highest BCUT2D eigenvalue weighted by molar-refractivity contribution is 5.91. The van der Waals surface area contributed by atoms with Crippen molar-refractivity contribution in [2.75, 3.05) is 39.3 Å². The molecule has 6 nitrogen and oxygen atoms in total. The van der Waals surface area contributed by atoms with E-state index in [4.69, 9.17) is 4.42 Å². The van der Waals surface area contributed by atoms with Crippen LogP contribution in [0.3, 0.4) is 0 Å². The fourth-order valence-corrected chi connectivity index (χ4v) is 3.65. The SMILES string of the molecule is CC(CC(=O)N1CCN(C(=O)c2ccco2)CC1)C1CCCNC1.Cl. The lowest BCUT2D eigenvalue weighted by Crippen LogP contribution is -2.51. The van der Waals surface area contributed by atoms with Crippen molar-refractivity contribution in [3.8, 4) is 0 Å². The minimum Gasteiger partial charge on any atom is -0.459 e. The summed E-state index contributed by atoms with van der Waals surface area (Å²) >= 11 is 0. The van der Waals surface area contributed by atoms with Crippen LogP contribution < -0.4 is 5.32 Å². The molecule has 2 amide bonds. The van der Waals surface area contributed by atoms with Gasteiger partial charge in [-0.05, 0) is 49.9 Å². The van der Waals surface area contributed by atoms with Crippen molar-refractivity contribution in [3.63, 3.8) is 0 Å². The van der Waals surface area contributed by atoms with E-state index in [1.807, 2.05) is 4.90 Å². The summed E-state index contributed by atoms with van der Waals surface area (Å²) in [7, 11) is 0. The summed E-state index contributed by atoms with van der Waals surface area (Å²) in [5, 5.41) is 3.42. The maximum atomic E-state index is 12.5. The molecule has 1 aromatic heterocycles. The lowest BCUT2D eigenvalue weighted by molar-refractivity contribution is -0.134. The molecule has 0 bridgehead atoms. The lowest BCUT2D eigenvalue weighted by Gasteiger charge is -2.36. The third-order valence-corrected chi connectivity index (χ3v) is 5.29. The molecule has 0 aromatic carbocycles. The molecule has 2 aliphatic heterocycles. The smallest absolute Gasteiger partial charge is 0.289 e. The van der Waals surface area contributed by atoms with E-state index in [2.05, 4.69) is 12.2 Å². The maximum Gasteiger partial charge on any atom is 0.289 e. The molecule has 2 atom stereocenters. The average molecular weight is 370 g/mol. The molecule has 1 aromatic rings. The Bertz CT molecular complexity index is 550. The van der Waals surface area contributed by atoms with E-state index >= 15 is 0 Å². The highest BCUT2D eigenvalue weighted by atomic mass is 35.5. The summed E-state index contributed by atoms with van der Waals surface area (Å²) in [6.45, 7) is 6.69. The van der Waals surface area contributed by atoms with Crippen LogP contribution in [0.2, 0.25) is 0 Å². The summed E-state index contributed by atoms with van der Waals surface area (Å²) in [5.41, 5.74) is 0. The van der Waals surface area contributed by atoms with Gasteiger partial charge in [0.25, 0.3) is 5.91 Å². The van der Waals surface area contributed by atoms with Gasteiger partial charge in [0, 0.05) is 32.6 Å². The third kappa shape index (κ3) is 4.98. The van der Waals surface area contributed by atoms with Gasteiger partial charge in [-0.25, -0.2) is 0 Å². The first-order chi connectivity index (χ1) is 11.6. The van der Waals surface area contributed by atoms with Crippen LogP contribution in [0.4, 0.5) is 0 Å². The minimum absolute atomic E-state index is 0. The molecule has 0 spiro atoms. The molecule has 2 saturated heterocycles. The zero-order valence-corrected chi connectivity index (χ0v) is 15.6. The number of piperazine rings is 1. The molecule has 0 aliphatic carbocycles. The second-order valence-electron chi connectivity index (χ2n) is 6.94. The predicted molar refractivity (Wildman–Crippen MR) is 97.8 cm³/mol. The molecular weight excluding hydrogens is 342 g/mol. The fraction of sp³-hybridized carbons (Fsp3) is 0.667. The summed E-state index contributed by atoms with van der Waals surface area (Å²) < 4.78 is 5.16. The van der Waals surface area contributed by atoms with Crippen molar-refractivity contribution in [3.05, 3.63) is 24.2 Å². The molecular formula is C18H28ClN3O3. The second kappa shape index (κ2) is 9.25. The monoisotopic (exact) mass is 369 g/mol. The molecule has 1 N–H and O–H groups in total. The van der Waals surface area contributed by atoms with Crippen molar-refractivity contribution in [1.82, 2.24) is 15.1 Å². The van der Waals surface area contributed by atoms with E-state index < -0.39 is 0 Å². The number of hydrogen-bond donors (Lipinski definition) is 1. The molecule has 140 valence electrons. The van der Waals surface area contributed by atoms with Crippen LogP contribution in [0.15, 0.2) is 22.8 Å². The quantitative estimate of drug-likeness (QED) is 0.881. The first-order valence-corrected chi connectivity index (χ1v) is 8.96. The Balaban J connectivity index is 0.00000225. The summed E-state index contributed by atoms with van der Waals surface area (Å²) in [4.78, 5) is 28.4. The molecule has 3 rings (SSSR count). The van der Waals surface area contributed by atoms with Crippen molar-refractivity contribution >= 4 is 24.2 Å². The van der Waals surface area contributed by atoms with Gasteiger partial charge in [0.1, 0.15) is 0 Å². The molecule has 7 heteroatoms. The molecule has 2 unspecified atom stereocenters. The highest BCUT2D eigenvalue weighted by Gasteiger charge is 2.28. The van der Waals surface area contributed by atoms with Crippen molar-refractivity contribution in [1.29, 1.82) is 0 Å². The number of nitrogens with one attached hydrogen (secondary N) is 1. The highest BCUT2D eigenvalue weighted by Crippen LogP contribution is 2.23. The first-order valence-electron chi connectivity index (χ1n) is 8.96. The van der Waals surface area contributed by atoms with Crippen LogP contribution in [-0.4, -0.2) is 60.9 Å². The second-order valence-corrected chi connectivity index (χ2v) is 6.94. The molecule has 2 fully saturated rings. The van der Waals surface area contributed by atoms with E-state index in [1.54, 1.807) is 17.0 Å². The third-order valence-electron chi connectivity index (χ3n) is 5.29. The number of hydrogen-bond acceptors (Lipinski definition) is 4. The topological polar surface area (TPSA) is 65.8 Å². The predicted octanol–water partition coefficient (Wildman–Crippen LogP) is 2.01. The molecule has 2 aliphatic rings. The van der Waals surface area contributed by atoms with Gasteiger partial charge in [0.05, 0.1) is 6.26 Å². The number of amides is 2. The van der Waals surface area contributed by atoms with Gasteiger partial charge in [0.2, 0.25) is 5.91 Å². The Labute approximate surface area is 155 Å². The normalized spacial score (nSPS) is 22.2. The van der Waals surface area contributed by atoms with Crippen molar-refractivity contribution < 1.29 is 14.0 Å². The summed E-state index contributed by atoms with van der Waals surface area (Å²) in [6, 6.07) is 3.40. The van der Waals surface area contributed by atoms with Gasteiger partial charge in [-0.1, -0.05) is 6.92 Å². The number of rotatable bonds is 4. The van der Waals surface area contributed by atoms with Gasteiger partial charge >= 0.3 is 0 Å². The Morgan fingerprint density at radius 1 is 1.28 bits per heavy atom. The van der Waals surface area contributed by atoms with Crippen LogP contribution in [0.25, 0.3) is 0 Å². The number of furan rings is 1. The van der Waals surface area contributed by atoms with Crippen LogP contribution in [0.1, 0.15) is 36.7 Å². The van der Waals surface area contributed by atoms with Gasteiger partial charge in [-0.2, -0.15) is 0 Å². The van der Waals surface area contributed by atoms with Gasteiger partial charge in [0.15, 0.2) is 5.76 Å². The van der Waals surface area contributed by atoms with Crippen LogP contribution >= 0.6 is 12.4 Å². The van der Waals surface area contributed by atoms with Crippen LogP contribution in [-0.2, 0) is 4.79 Å². The van der Waals surface area contributed by atoms with Crippen LogP contribution in [0, 0.1) is 11.8 Å². The molecule has 0 saturated carbocycles. The average Bonchev–Trinajstić information content (AvgIpc) is 3.16. The fourth-order valence-electron chi connectivity index (χ4n) is 3.65. The van der Waals surface area contributed by atoms with E-state index in [-0.39, 0.29) is 24.2 Å². The Hall–Kier alpha value is -1.53. The zero-order valence-electron chi connectivity index (χ0n) is 14.8. The van der Waals surface area contributed by atoms with E-state index in [0.29, 0.717) is 50.2 Å². The first kappa shape index (κ1) is 19.8. The van der Waals surface area contributed by atoms with Crippen LogP contribution in [0.5, 0.6) is 0 Å². The van der Waals surface area contributed by atoms with Crippen molar-refractivity contribution in [2.45, 2.75) is 26.2 Å². The van der Waals surface area contributed by atoms with Gasteiger partial charge in [-0.3, -0.25) is 9.59 Å². The number of carbonyl (C=O) groups is 2. The van der Waals surface area contributed by atoms with E-state index in [1.165, 1.54) is 19.1 Å². The van der Waals surface area contributed by atoms with E-state index in [9.17, 15) is 9.59 Å². The Kier molecular flexibility index (Phi) is 7.32. The molecule has 25 heavy (non-hydrogen) atoms.